The van der Waals surface area contributed by atoms with Crippen molar-refractivity contribution < 1.29 is 9.18 Å². The summed E-state index contributed by atoms with van der Waals surface area (Å²) in [5.41, 5.74) is 2.25. The summed E-state index contributed by atoms with van der Waals surface area (Å²) in [5.74, 6) is 0.102. The minimum absolute atomic E-state index is 0.134. The summed E-state index contributed by atoms with van der Waals surface area (Å²) in [7, 11) is 0. The Bertz CT molecular complexity index is 1380. The monoisotopic (exact) mass is 441 g/mol. The Balaban J connectivity index is 1.72. The number of hydrogen-bond donors (Lipinski definition) is 0. The molecule has 1 aromatic heterocycles. The van der Waals surface area contributed by atoms with Crippen molar-refractivity contribution in [1.82, 2.24) is 14.5 Å². The number of para-hydroxylation sites is 1. The van der Waals surface area contributed by atoms with Crippen LogP contribution in [0.3, 0.4) is 0 Å². The van der Waals surface area contributed by atoms with Gasteiger partial charge < -0.3 is 4.90 Å². The van der Waals surface area contributed by atoms with E-state index in [1.54, 1.807) is 31.2 Å². The van der Waals surface area contributed by atoms with Crippen molar-refractivity contribution >= 4 is 16.8 Å². The van der Waals surface area contributed by atoms with E-state index in [9.17, 15) is 14.0 Å². The third-order valence-electron chi connectivity index (χ3n) is 6.51. The normalized spacial score (nSPS) is 18.9. The molecular weight excluding hydrogens is 417 g/mol. The summed E-state index contributed by atoms with van der Waals surface area (Å²) in [6.45, 7) is 3.74. The zero-order valence-corrected chi connectivity index (χ0v) is 18.5. The molecular formula is C27H24FN3O2. The molecule has 0 radical (unpaired) electrons. The predicted octanol–water partition coefficient (Wildman–Crippen LogP) is 4.98. The van der Waals surface area contributed by atoms with Crippen molar-refractivity contribution in [1.29, 1.82) is 0 Å². The summed E-state index contributed by atoms with van der Waals surface area (Å²) in [5, 5.41) is 0.492. The van der Waals surface area contributed by atoms with E-state index in [1.807, 2.05) is 54.3 Å². The van der Waals surface area contributed by atoms with Crippen LogP contribution in [0.5, 0.6) is 0 Å². The maximum atomic E-state index is 13.7. The van der Waals surface area contributed by atoms with Crippen molar-refractivity contribution in [2.75, 3.05) is 0 Å². The number of amides is 1. The minimum Gasteiger partial charge on any atom is -0.324 e. The Kier molecular flexibility index (Phi) is 5.29. The number of aromatic nitrogens is 2. The summed E-state index contributed by atoms with van der Waals surface area (Å²) in [4.78, 5) is 33.9. The van der Waals surface area contributed by atoms with E-state index in [0.29, 0.717) is 23.1 Å². The fourth-order valence-corrected chi connectivity index (χ4v) is 4.76. The molecule has 0 bridgehead atoms. The van der Waals surface area contributed by atoms with Crippen LogP contribution in [0.4, 0.5) is 4.39 Å². The quantitative estimate of drug-likeness (QED) is 0.449. The highest BCUT2D eigenvalue weighted by atomic mass is 19.1. The number of hydrogen-bond acceptors (Lipinski definition) is 3. The molecule has 2 heterocycles. The zero-order chi connectivity index (χ0) is 23.1. The van der Waals surface area contributed by atoms with E-state index in [1.165, 1.54) is 16.7 Å². The second-order valence-electron chi connectivity index (χ2n) is 8.52. The number of halogens is 1. The first-order chi connectivity index (χ1) is 16.0. The zero-order valence-electron chi connectivity index (χ0n) is 18.5. The average Bonchev–Trinajstić information content (AvgIpc) is 2.84. The third-order valence-corrected chi connectivity index (χ3v) is 6.51. The number of nitrogens with zero attached hydrogens (tertiary/aromatic N) is 3. The number of carbonyl (C=O) groups is 1. The lowest BCUT2D eigenvalue weighted by atomic mass is 9.95. The van der Waals surface area contributed by atoms with Gasteiger partial charge in [0.25, 0.3) is 5.56 Å². The van der Waals surface area contributed by atoms with Crippen LogP contribution in [0, 0.1) is 5.82 Å². The lowest BCUT2D eigenvalue weighted by molar-refractivity contribution is -0.142. The minimum atomic E-state index is -0.680. The number of benzene rings is 3. The molecule has 0 saturated carbocycles. The van der Waals surface area contributed by atoms with E-state index >= 15 is 0 Å². The Morgan fingerprint density at radius 1 is 0.939 bits per heavy atom. The van der Waals surface area contributed by atoms with Crippen LogP contribution >= 0.6 is 0 Å². The van der Waals surface area contributed by atoms with E-state index in [0.717, 1.165) is 11.1 Å². The molecule has 4 aromatic rings. The van der Waals surface area contributed by atoms with Gasteiger partial charge in [-0.2, -0.15) is 0 Å². The maximum Gasteiger partial charge on any atom is 0.262 e. The fourth-order valence-electron chi connectivity index (χ4n) is 4.76. The van der Waals surface area contributed by atoms with Gasteiger partial charge in [0.15, 0.2) is 0 Å². The lowest BCUT2D eigenvalue weighted by Crippen LogP contribution is -2.50. The van der Waals surface area contributed by atoms with Crippen molar-refractivity contribution in [3.05, 3.63) is 112 Å². The van der Waals surface area contributed by atoms with Gasteiger partial charge in [-0.15, -0.1) is 0 Å². The standard InChI is InChI=1S/C27H24FN3O2/c1-17(20-8-4-3-5-9-20)30-24(16-19-12-14-21(28)15-13-19)25-29-23-11-7-6-10-22(23)27(33)31(25)18(2)26(30)32/h3-15,17-18,24H,16H2,1-2H3/t17-,18+,24+/m1/s1. The topological polar surface area (TPSA) is 55.2 Å². The van der Waals surface area contributed by atoms with Crippen LogP contribution < -0.4 is 5.56 Å². The first kappa shape index (κ1) is 21.1. The average molecular weight is 442 g/mol. The molecule has 166 valence electrons. The Morgan fingerprint density at radius 3 is 2.33 bits per heavy atom. The van der Waals surface area contributed by atoms with Gasteiger partial charge in [0.2, 0.25) is 5.91 Å². The largest absolute Gasteiger partial charge is 0.324 e. The van der Waals surface area contributed by atoms with Crippen molar-refractivity contribution in [2.24, 2.45) is 0 Å². The molecule has 0 N–H and O–H groups in total. The van der Waals surface area contributed by atoms with Crippen molar-refractivity contribution in [3.63, 3.8) is 0 Å². The molecule has 3 aromatic carbocycles. The van der Waals surface area contributed by atoms with Gasteiger partial charge in [-0.1, -0.05) is 54.6 Å². The second-order valence-corrected chi connectivity index (χ2v) is 8.52. The number of rotatable bonds is 4. The second kappa shape index (κ2) is 8.28. The Labute approximate surface area is 191 Å². The highest BCUT2D eigenvalue weighted by Gasteiger charge is 2.42. The SMILES string of the molecule is C[C@H](c1ccccc1)N1C(=O)[C@H](C)n2c(nc3ccccc3c2=O)[C@@H]1Cc1ccc(F)cc1. The molecule has 33 heavy (non-hydrogen) atoms. The summed E-state index contributed by atoms with van der Waals surface area (Å²) in [6.07, 6.45) is 0.417. The van der Waals surface area contributed by atoms with E-state index < -0.39 is 12.1 Å². The molecule has 1 aliphatic rings. The van der Waals surface area contributed by atoms with Gasteiger partial charge in [-0.3, -0.25) is 14.2 Å². The maximum absolute atomic E-state index is 13.7. The van der Waals surface area contributed by atoms with Crippen LogP contribution in [0.2, 0.25) is 0 Å². The summed E-state index contributed by atoms with van der Waals surface area (Å²) >= 11 is 0. The summed E-state index contributed by atoms with van der Waals surface area (Å²) < 4.78 is 15.1. The van der Waals surface area contributed by atoms with Crippen LogP contribution in [-0.2, 0) is 11.2 Å². The van der Waals surface area contributed by atoms with Gasteiger partial charge in [0.05, 0.1) is 23.0 Å². The number of carbonyl (C=O) groups excluding carboxylic acids is 1. The molecule has 6 heteroatoms. The highest BCUT2D eigenvalue weighted by molar-refractivity contribution is 5.84. The summed E-state index contributed by atoms with van der Waals surface area (Å²) in [6, 6.07) is 21.9. The van der Waals surface area contributed by atoms with Crippen molar-refractivity contribution in [3.8, 4) is 0 Å². The van der Waals surface area contributed by atoms with E-state index in [-0.39, 0.29) is 23.3 Å². The molecule has 1 aliphatic heterocycles. The third kappa shape index (κ3) is 3.61. The molecule has 0 aliphatic carbocycles. The molecule has 0 fully saturated rings. The molecule has 0 unspecified atom stereocenters. The molecule has 1 amide bonds. The van der Waals surface area contributed by atoms with Gasteiger partial charge in [0.1, 0.15) is 17.7 Å². The van der Waals surface area contributed by atoms with Gasteiger partial charge in [-0.25, -0.2) is 9.37 Å². The van der Waals surface area contributed by atoms with Crippen LogP contribution in [0.1, 0.15) is 48.9 Å². The molecule has 0 spiro atoms. The van der Waals surface area contributed by atoms with Crippen LogP contribution in [0.15, 0.2) is 83.7 Å². The predicted molar refractivity (Wildman–Crippen MR) is 125 cm³/mol. The van der Waals surface area contributed by atoms with Gasteiger partial charge in [0, 0.05) is 6.42 Å². The Morgan fingerprint density at radius 2 is 1.61 bits per heavy atom. The van der Waals surface area contributed by atoms with Gasteiger partial charge in [-0.05, 0) is 49.2 Å². The van der Waals surface area contributed by atoms with Gasteiger partial charge >= 0.3 is 0 Å². The highest BCUT2D eigenvalue weighted by Crippen LogP contribution is 2.38. The molecule has 5 rings (SSSR count). The fraction of sp³-hybridized carbons (Fsp3) is 0.222. The smallest absolute Gasteiger partial charge is 0.262 e. The Hall–Kier alpha value is -3.80. The van der Waals surface area contributed by atoms with Crippen LogP contribution in [-0.4, -0.2) is 20.4 Å². The number of fused-ring (bicyclic) bond motifs is 2. The first-order valence-corrected chi connectivity index (χ1v) is 11.1. The van der Waals surface area contributed by atoms with Crippen LogP contribution in [0.25, 0.3) is 10.9 Å². The van der Waals surface area contributed by atoms with E-state index in [4.69, 9.17) is 4.98 Å². The molecule has 3 atom stereocenters. The molecule has 5 nitrogen and oxygen atoms in total. The molecule has 0 saturated heterocycles. The van der Waals surface area contributed by atoms with Crippen molar-refractivity contribution in [2.45, 2.75) is 38.4 Å². The first-order valence-electron chi connectivity index (χ1n) is 11.1. The van der Waals surface area contributed by atoms with E-state index in [2.05, 4.69) is 0 Å². The lowest BCUT2D eigenvalue weighted by Gasteiger charge is -2.43.